The molecule has 0 aliphatic carbocycles. The lowest BCUT2D eigenvalue weighted by Gasteiger charge is -2.15. The average molecular weight is 498 g/mol. The number of ether oxygens (including phenoxy) is 1. The van der Waals surface area contributed by atoms with Crippen LogP contribution in [0.5, 0.6) is 0 Å². The number of aromatic carboxylic acids is 1. The standard InChI is InChI=1S/C28H23N3O4S/c1-17(18-6-4-3-5-7-18)35-28(34)30-26-23(16-29-31(26)2)21-10-8-20-15-22(11-9-19(20)14-21)24-12-13-25(36-24)27(32)33/h3-17H,1-2H3,(H,30,34)(H,32,33). The Labute approximate surface area is 211 Å². The number of aryl methyl sites for hydroxylation is 1. The number of thiophene rings is 1. The average Bonchev–Trinajstić information content (AvgIpc) is 3.52. The van der Waals surface area contributed by atoms with Crippen LogP contribution in [-0.4, -0.2) is 26.9 Å². The maximum Gasteiger partial charge on any atom is 0.413 e. The summed E-state index contributed by atoms with van der Waals surface area (Å²) in [5, 5.41) is 18.4. The highest BCUT2D eigenvalue weighted by Gasteiger charge is 2.17. The number of anilines is 1. The number of fused-ring (bicyclic) bond motifs is 1. The topological polar surface area (TPSA) is 93.4 Å². The molecule has 1 amide bonds. The van der Waals surface area contributed by atoms with Gasteiger partial charge in [0.15, 0.2) is 0 Å². The van der Waals surface area contributed by atoms with Gasteiger partial charge in [0, 0.05) is 17.5 Å². The second kappa shape index (κ2) is 9.67. The molecule has 2 aromatic heterocycles. The molecule has 1 atom stereocenters. The van der Waals surface area contributed by atoms with Gasteiger partial charge in [0.2, 0.25) is 0 Å². The number of carboxylic acid groups (broad SMARTS) is 1. The number of hydrogen-bond donors (Lipinski definition) is 2. The van der Waals surface area contributed by atoms with E-state index in [0.717, 1.165) is 37.9 Å². The van der Waals surface area contributed by atoms with E-state index in [4.69, 9.17) is 4.74 Å². The molecular formula is C28H23N3O4S. The van der Waals surface area contributed by atoms with Crippen LogP contribution in [0.25, 0.3) is 32.3 Å². The van der Waals surface area contributed by atoms with Crippen LogP contribution in [0.2, 0.25) is 0 Å². The lowest BCUT2D eigenvalue weighted by Crippen LogP contribution is -2.18. The number of benzene rings is 3. The first-order valence-corrected chi connectivity index (χ1v) is 12.1. The molecule has 0 bridgehead atoms. The first-order valence-electron chi connectivity index (χ1n) is 11.3. The van der Waals surface area contributed by atoms with Crippen molar-refractivity contribution in [3.63, 3.8) is 0 Å². The molecule has 36 heavy (non-hydrogen) atoms. The Balaban J connectivity index is 1.38. The number of rotatable bonds is 6. The van der Waals surface area contributed by atoms with E-state index < -0.39 is 18.2 Å². The maximum atomic E-state index is 12.6. The second-order valence-corrected chi connectivity index (χ2v) is 9.44. The smallest absolute Gasteiger partial charge is 0.413 e. The van der Waals surface area contributed by atoms with Crippen LogP contribution in [-0.2, 0) is 11.8 Å². The fourth-order valence-electron chi connectivity index (χ4n) is 4.05. The number of nitrogens with one attached hydrogen (secondary N) is 1. The first-order chi connectivity index (χ1) is 17.4. The monoisotopic (exact) mass is 497 g/mol. The van der Waals surface area contributed by atoms with Crippen molar-refractivity contribution in [2.45, 2.75) is 13.0 Å². The van der Waals surface area contributed by atoms with Crippen LogP contribution in [0.15, 0.2) is 85.1 Å². The molecule has 180 valence electrons. The molecule has 0 aliphatic heterocycles. The minimum absolute atomic E-state index is 0.314. The van der Waals surface area contributed by atoms with Gasteiger partial charge in [-0.1, -0.05) is 54.6 Å². The summed E-state index contributed by atoms with van der Waals surface area (Å²) in [6.07, 6.45) is 0.760. The Morgan fingerprint density at radius 1 is 0.972 bits per heavy atom. The minimum Gasteiger partial charge on any atom is -0.477 e. The summed E-state index contributed by atoms with van der Waals surface area (Å²) >= 11 is 1.25. The molecule has 0 spiro atoms. The van der Waals surface area contributed by atoms with E-state index in [1.165, 1.54) is 11.3 Å². The van der Waals surface area contributed by atoms with Gasteiger partial charge in [0.25, 0.3) is 0 Å². The first kappa shape index (κ1) is 23.3. The predicted octanol–water partition coefficient (Wildman–Crippen LogP) is 6.98. The molecule has 7 nitrogen and oxygen atoms in total. The summed E-state index contributed by atoms with van der Waals surface area (Å²) in [4.78, 5) is 25.1. The SMILES string of the molecule is CC(OC(=O)Nc1c(-c2ccc3cc(-c4ccc(C(=O)O)s4)ccc3c2)cnn1C)c1ccccc1. The van der Waals surface area contributed by atoms with E-state index in [0.29, 0.717) is 10.7 Å². The van der Waals surface area contributed by atoms with Crippen LogP contribution in [0.4, 0.5) is 10.6 Å². The van der Waals surface area contributed by atoms with E-state index in [2.05, 4.69) is 10.4 Å². The van der Waals surface area contributed by atoms with Crippen LogP contribution >= 0.6 is 11.3 Å². The highest BCUT2D eigenvalue weighted by atomic mass is 32.1. The van der Waals surface area contributed by atoms with Gasteiger partial charge in [-0.3, -0.25) is 10.00 Å². The number of aromatic nitrogens is 2. The van der Waals surface area contributed by atoms with Crippen molar-refractivity contribution in [1.29, 1.82) is 0 Å². The number of amides is 1. The molecule has 0 radical (unpaired) electrons. The Bertz CT molecular complexity index is 1570. The lowest BCUT2D eigenvalue weighted by atomic mass is 10.0. The van der Waals surface area contributed by atoms with E-state index in [9.17, 15) is 14.7 Å². The highest BCUT2D eigenvalue weighted by Crippen LogP contribution is 2.34. The van der Waals surface area contributed by atoms with E-state index in [1.807, 2.05) is 79.7 Å². The van der Waals surface area contributed by atoms with Crippen molar-refractivity contribution < 1.29 is 19.4 Å². The zero-order valence-electron chi connectivity index (χ0n) is 19.6. The van der Waals surface area contributed by atoms with Crippen molar-refractivity contribution in [1.82, 2.24) is 9.78 Å². The number of carbonyl (C=O) groups is 2. The summed E-state index contributed by atoms with van der Waals surface area (Å²) in [5.41, 5.74) is 3.55. The van der Waals surface area contributed by atoms with Gasteiger partial charge < -0.3 is 9.84 Å². The van der Waals surface area contributed by atoms with E-state index >= 15 is 0 Å². The fourth-order valence-corrected chi connectivity index (χ4v) is 4.89. The normalized spacial score (nSPS) is 11.8. The number of carbonyl (C=O) groups excluding carboxylic acids is 1. The quantitative estimate of drug-likeness (QED) is 0.264. The summed E-state index contributed by atoms with van der Waals surface area (Å²) in [6, 6.07) is 25.1. The molecular weight excluding hydrogens is 474 g/mol. The van der Waals surface area contributed by atoms with Gasteiger partial charge in [-0.25, -0.2) is 9.59 Å². The second-order valence-electron chi connectivity index (χ2n) is 8.36. The molecule has 0 saturated carbocycles. The Hall–Kier alpha value is -4.43. The third-order valence-electron chi connectivity index (χ3n) is 5.96. The van der Waals surface area contributed by atoms with Crippen molar-refractivity contribution in [2.75, 3.05) is 5.32 Å². The van der Waals surface area contributed by atoms with Gasteiger partial charge in [0.05, 0.1) is 6.20 Å². The summed E-state index contributed by atoms with van der Waals surface area (Å²) in [7, 11) is 1.76. The van der Waals surface area contributed by atoms with E-state index in [1.54, 1.807) is 24.0 Å². The molecule has 2 heterocycles. The highest BCUT2D eigenvalue weighted by molar-refractivity contribution is 7.17. The van der Waals surface area contributed by atoms with Crippen molar-refractivity contribution in [3.8, 4) is 21.6 Å². The predicted molar refractivity (Wildman–Crippen MR) is 141 cm³/mol. The Kier molecular flexibility index (Phi) is 6.26. The third-order valence-corrected chi connectivity index (χ3v) is 7.09. The summed E-state index contributed by atoms with van der Waals surface area (Å²) in [6.45, 7) is 1.83. The number of hydrogen-bond acceptors (Lipinski definition) is 5. The molecule has 8 heteroatoms. The van der Waals surface area contributed by atoms with Crippen molar-refractivity contribution >= 4 is 40.0 Å². The summed E-state index contributed by atoms with van der Waals surface area (Å²) < 4.78 is 7.18. The van der Waals surface area contributed by atoms with Gasteiger partial charge >= 0.3 is 12.1 Å². The molecule has 3 aromatic carbocycles. The minimum atomic E-state index is -0.920. The molecule has 5 aromatic rings. The Morgan fingerprint density at radius 2 is 1.67 bits per heavy atom. The zero-order chi connectivity index (χ0) is 25.2. The maximum absolute atomic E-state index is 12.6. The molecule has 0 aliphatic rings. The van der Waals surface area contributed by atoms with Crippen molar-refractivity contribution in [3.05, 3.63) is 95.5 Å². The molecule has 2 N–H and O–H groups in total. The Morgan fingerprint density at radius 3 is 2.36 bits per heavy atom. The van der Waals surface area contributed by atoms with Crippen LogP contribution in [0.1, 0.15) is 28.3 Å². The van der Waals surface area contributed by atoms with Crippen LogP contribution < -0.4 is 5.32 Å². The number of nitrogens with zero attached hydrogens (tertiary/aromatic N) is 2. The number of carboxylic acids is 1. The van der Waals surface area contributed by atoms with Gasteiger partial charge in [0.1, 0.15) is 16.8 Å². The molecule has 0 saturated heterocycles. The van der Waals surface area contributed by atoms with Crippen molar-refractivity contribution in [2.24, 2.45) is 7.05 Å². The summed E-state index contributed by atoms with van der Waals surface area (Å²) in [5.74, 6) is -0.382. The van der Waals surface area contributed by atoms with Gasteiger partial charge in [-0.2, -0.15) is 5.10 Å². The molecule has 5 rings (SSSR count). The third kappa shape index (κ3) is 4.71. The van der Waals surface area contributed by atoms with Crippen LogP contribution in [0.3, 0.4) is 0 Å². The largest absolute Gasteiger partial charge is 0.477 e. The fraction of sp³-hybridized carbons (Fsp3) is 0.107. The van der Waals surface area contributed by atoms with Crippen LogP contribution in [0, 0.1) is 0 Å². The lowest BCUT2D eigenvalue weighted by molar-refractivity contribution is 0.0702. The molecule has 1 unspecified atom stereocenters. The van der Waals surface area contributed by atoms with E-state index in [-0.39, 0.29) is 0 Å². The molecule has 0 fully saturated rings. The van der Waals surface area contributed by atoms with Gasteiger partial charge in [-0.05, 0) is 58.7 Å². The van der Waals surface area contributed by atoms with Gasteiger partial charge in [-0.15, -0.1) is 11.3 Å². The zero-order valence-corrected chi connectivity index (χ0v) is 20.5.